The first-order chi connectivity index (χ1) is 11.8. The molecule has 1 N–H and O–H groups in total. The van der Waals surface area contributed by atoms with Crippen LogP contribution < -0.4 is 5.32 Å². The molecule has 12 heteroatoms. The summed E-state index contributed by atoms with van der Waals surface area (Å²) in [4.78, 5) is 22.1. The van der Waals surface area contributed by atoms with Gasteiger partial charge in [0.25, 0.3) is 6.43 Å². The van der Waals surface area contributed by atoms with E-state index in [-0.39, 0.29) is 12.2 Å². The van der Waals surface area contributed by atoms with Crippen molar-refractivity contribution in [3.05, 3.63) is 37.9 Å². The van der Waals surface area contributed by atoms with Crippen LogP contribution in [0.4, 0.5) is 14.5 Å². The third kappa shape index (κ3) is 4.00. The number of amides is 1. The Labute approximate surface area is 149 Å². The van der Waals surface area contributed by atoms with E-state index in [1.165, 1.54) is 6.92 Å². The van der Waals surface area contributed by atoms with Crippen molar-refractivity contribution in [2.75, 3.05) is 0 Å². The Morgan fingerprint density at radius 1 is 1.48 bits per heavy atom. The number of nitrogens with zero attached hydrogens (tertiary/aromatic N) is 5. The summed E-state index contributed by atoms with van der Waals surface area (Å²) >= 11 is 3.32. The summed E-state index contributed by atoms with van der Waals surface area (Å²) in [5, 5.41) is 21.2. The fourth-order valence-electron chi connectivity index (χ4n) is 2.30. The molecule has 0 spiro atoms. The summed E-state index contributed by atoms with van der Waals surface area (Å²) in [6.45, 7) is 3.53. The predicted molar refractivity (Wildman–Crippen MR) is 86.0 cm³/mol. The number of carbonyl (C=O) groups excluding carboxylic acids is 1. The van der Waals surface area contributed by atoms with E-state index >= 15 is 0 Å². The van der Waals surface area contributed by atoms with Gasteiger partial charge in [0.15, 0.2) is 0 Å². The van der Waals surface area contributed by atoms with Crippen molar-refractivity contribution in [1.82, 2.24) is 24.9 Å². The lowest BCUT2D eigenvalue weighted by atomic mass is 10.3. The Morgan fingerprint density at radius 2 is 2.16 bits per heavy atom. The molecule has 1 amide bonds. The smallest absolute Gasteiger partial charge is 0.319 e. The molecule has 0 saturated carbocycles. The molecule has 0 aliphatic heterocycles. The number of rotatable bonds is 7. The minimum Gasteiger partial charge on any atom is -0.349 e. The van der Waals surface area contributed by atoms with E-state index in [2.05, 4.69) is 31.4 Å². The molecule has 0 saturated heterocycles. The van der Waals surface area contributed by atoms with E-state index < -0.39 is 35.2 Å². The van der Waals surface area contributed by atoms with Crippen LogP contribution in [0, 0.1) is 17.0 Å². The first-order valence-corrected chi connectivity index (χ1v) is 8.02. The third-order valence-electron chi connectivity index (χ3n) is 3.53. The Kier molecular flexibility index (Phi) is 5.82. The SMILES string of the molecule is CCn1ncc(Br)c1CNC(=O)Cn1nc(C(F)F)c([N+](=O)[O-])c1C. The zero-order valence-electron chi connectivity index (χ0n) is 13.4. The van der Waals surface area contributed by atoms with Crippen molar-refractivity contribution in [1.29, 1.82) is 0 Å². The van der Waals surface area contributed by atoms with Crippen molar-refractivity contribution < 1.29 is 18.5 Å². The molecule has 2 aromatic rings. The van der Waals surface area contributed by atoms with Crippen LogP contribution in [-0.2, 0) is 24.4 Å². The molecule has 25 heavy (non-hydrogen) atoms. The van der Waals surface area contributed by atoms with Crippen molar-refractivity contribution in [2.24, 2.45) is 0 Å². The molecule has 2 aromatic heterocycles. The molecule has 0 fully saturated rings. The van der Waals surface area contributed by atoms with E-state index in [1.807, 2.05) is 6.92 Å². The lowest BCUT2D eigenvalue weighted by molar-refractivity contribution is -0.386. The van der Waals surface area contributed by atoms with Gasteiger partial charge in [-0.15, -0.1) is 0 Å². The highest BCUT2D eigenvalue weighted by atomic mass is 79.9. The zero-order valence-corrected chi connectivity index (χ0v) is 15.0. The Hall–Kier alpha value is -2.37. The zero-order chi connectivity index (χ0) is 18.7. The average molecular weight is 421 g/mol. The van der Waals surface area contributed by atoms with Gasteiger partial charge in [0.1, 0.15) is 12.2 Å². The van der Waals surface area contributed by atoms with E-state index in [1.54, 1.807) is 10.9 Å². The highest BCUT2D eigenvalue weighted by Gasteiger charge is 2.31. The number of hydrogen-bond acceptors (Lipinski definition) is 5. The highest BCUT2D eigenvalue weighted by Crippen LogP contribution is 2.30. The third-order valence-corrected chi connectivity index (χ3v) is 4.20. The molecule has 0 aromatic carbocycles. The second-order valence-corrected chi connectivity index (χ2v) is 5.92. The van der Waals surface area contributed by atoms with Crippen LogP contribution in [0.3, 0.4) is 0 Å². The number of alkyl halides is 2. The summed E-state index contributed by atoms with van der Waals surface area (Å²) in [7, 11) is 0. The second kappa shape index (κ2) is 7.68. The summed E-state index contributed by atoms with van der Waals surface area (Å²) in [6, 6.07) is 0. The van der Waals surface area contributed by atoms with E-state index in [4.69, 9.17) is 0 Å². The first kappa shape index (κ1) is 19.0. The molecule has 0 unspecified atom stereocenters. The Bertz CT molecular complexity index is 804. The first-order valence-electron chi connectivity index (χ1n) is 7.22. The topological polar surface area (TPSA) is 108 Å². The van der Waals surface area contributed by atoms with Gasteiger partial charge in [-0.3, -0.25) is 24.3 Å². The van der Waals surface area contributed by atoms with Crippen LogP contribution in [0.5, 0.6) is 0 Å². The number of nitrogens with one attached hydrogen (secondary N) is 1. The average Bonchev–Trinajstić information content (AvgIpc) is 3.06. The van der Waals surface area contributed by atoms with Gasteiger partial charge in [-0.05, 0) is 29.8 Å². The van der Waals surface area contributed by atoms with E-state index in [0.29, 0.717) is 6.54 Å². The van der Waals surface area contributed by atoms with Crippen LogP contribution in [0.2, 0.25) is 0 Å². The quantitative estimate of drug-likeness (QED) is 0.546. The Morgan fingerprint density at radius 3 is 2.68 bits per heavy atom. The maximum absolute atomic E-state index is 12.9. The van der Waals surface area contributed by atoms with Crippen molar-refractivity contribution in [3.63, 3.8) is 0 Å². The van der Waals surface area contributed by atoms with Crippen molar-refractivity contribution in [3.8, 4) is 0 Å². The molecule has 2 heterocycles. The Balaban J connectivity index is 2.12. The molecule has 136 valence electrons. The van der Waals surface area contributed by atoms with Gasteiger partial charge < -0.3 is 5.32 Å². The van der Waals surface area contributed by atoms with Gasteiger partial charge in [-0.1, -0.05) is 0 Å². The summed E-state index contributed by atoms with van der Waals surface area (Å²) < 4.78 is 29.1. The van der Waals surface area contributed by atoms with Gasteiger partial charge in [0.05, 0.1) is 27.8 Å². The maximum atomic E-state index is 12.9. The molecule has 0 radical (unpaired) electrons. The lowest BCUT2D eigenvalue weighted by Crippen LogP contribution is -2.29. The number of aryl methyl sites for hydroxylation is 1. The minimum atomic E-state index is -3.10. The van der Waals surface area contributed by atoms with Gasteiger partial charge in [0.2, 0.25) is 11.6 Å². The highest BCUT2D eigenvalue weighted by molar-refractivity contribution is 9.10. The number of nitro groups is 1. The van der Waals surface area contributed by atoms with Crippen molar-refractivity contribution >= 4 is 27.5 Å². The number of hydrogen-bond donors (Lipinski definition) is 1. The number of carbonyl (C=O) groups is 1. The largest absolute Gasteiger partial charge is 0.349 e. The minimum absolute atomic E-state index is 0.102. The molecule has 0 atom stereocenters. The number of halogens is 3. The summed E-state index contributed by atoms with van der Waals surface area (Å²) in [5.41, 5.74) is -1.07. The molecule has 0 aliphatic carbocycles. The normalized spacial score (nSPS) is 11.1. The second-order valence-electron chi connectivity index (χ2n) is 5.07. The van der Waals surface area contributed by atoms with Crippen LogP contribution in [0.15, 0.2) is 10.7 Å². The lowest BCUT2D eigenvalue weighted by Gasteiger charge is -2.08. The monoisotopic (exact) mass is 420 g/mol. The molecule has 2 rings (SSSR count). The molecular weight excluding hydrogens is 406 g/mol. The predicted octanol–water partition coefficient (Wildman–Crippen LogP) is 2.33. The molecular formula is C13H15BrF2N6O3. The molecule has 9 nitrogen and oxygen atoms in total. The fraction of sp³-hybridized carbons (Fsp3) is 0.462. The van der Waals surface area contributed by atoms with Gasteiger partial charge in [-0.25, -0.2) is 8.78 Å². The van der Waals surface area contributed by atoms with E-state index in [9.17, 15) is 23.7 Å². The van der Waals surface area contributed by atoms with Gasteiger partial charge in [-0.2, -0.15) is 10.2 Å². The fourth-order valence-corrected chi connectivity index (χ4v) is 2.73. The number of aromatic nitrogens is 4. The van der Waals surface area contributed by atoms with Crippen LogP contribution in [0.25, 0.3) is 0 Å². The van der Waals surface area contributed by atoms with Crippen LogP contribution in [0.1, 0.15) is 30.4 Å². The van der Waals surface area contributed by atoms with Crippen molar-refractivity contribution in [2.45, 2.75) is 39.9 Å². The standard InChI is InChI=1S/C13H15BrF2N6O3/c1-3-20-9(8(14)4-18-20)5-17-10(23)6-21-7(2)12(22(24)25)11(19-21)13(15)16/h4,13H,3,5-6H2,1-2H3,(H,17,23). The van der Waals surface area contributed by atoms with Gasteiger partial charge >= 0.3 is 5.69 Å². The molecule has 0 bridgehead atoms. The van der Waals surface area contributed by atoms with E-state index in [0.717, 1.165) is 14.8 Å². The maximum Gasteiger partial charge on any atom is 0.319 e. The summed E-state index contributed by atoms with van der Waals surface area (Å²) in [5.74, 6) is -0.517. The van der Waals surface area contributed by atoms with Crippen LogP contribution >= 0.6 is 15.9 Å². The van der Waals surface area contributed by atoms with Gasteiger partial charge in [0, 0.05) is 6.54 Å². The molecule has 0 aliphatic rings. The summed E-state index contributed by atoms with van der Waals surface area (Å²) in [6.07, 6.45) is -1.50. The van der Waals surface area contributed by atoms with Crippen LogP contribution in [-0.4, -0.2) is 30.4 Å².